The normalized spacial score (nSPS) is 15.7. The van der Waals surface area contributed by atoms with Gasteiger partial charge >= 0.3 is 0 Å². The van der Waals surface area contributed by atoms with Crippen molar-refractivity contribution >= 4 is 35.2 Å². The lowest BCUT2D eigenvalue weighted by Crippen LogP contribution is -2.12. The third kappa shape index (κ3) is 2.85. The van der Waals surface area contributed by atoms with Gasteiger partial charge in [-0.05, 0) is 42.0 Å². The molecule has 0 aromatic heterocycles. The summed E-state index contributed by atoms with van der Waals surface area (Å²) in [5, 5.41) is 10.4. The molecule has 0 saturated heterocycles. The minimum atomic E-state index is -0.0217. The summed E-state index contributed by atoms with van der Waals surface area (Å²) in [4.78, 5) is 13.5. The van der Waals surface area contributed by atoms with Crippen molar-refractivity contribution in [3.05, 3.63) is 58.1 Å². The maximum Gasteiger partial charge on any atom is 0.191 e. The van der Waals surface area contributed by atoms with Crippen LogP contribution >= 0.6 is 23.4 Å². The first-order valence-corrected chi connectivity index (χ1v) is 7.99. The number of fused-ring (bicyclic) bond motifs is 1. The van der Waals surface area contributed by atoms with Gasteiger partial charge in [-0.15, -0.1) is 11.8 Å². The van der Waals surface area contributed by atoms with Crippen LogP contribution in [0.5, 0.6) is 11.5 Å². The van der Waals surface area contributed by atoms with Gasteiger partial charge < -0.3 is 9.84 Å². The Morgan fingerprint density at radius 1 is 1.27 bits per heavy atom. The predicted molar refractivity (Wildman–Crippen MR) is 89.1 cm³/mol. The van der Waals surface area contributed by atoms with E-state index in [-0.39, 0.29) is 11.5 Å². The fraction of sp³-hybridized carbons (Fsp3) is 0.118. The molecule has 0 atom stereocenters. The first-order valence-electron chi connectivity index (χ1n) is 6.63. The van der Waals surface area contributed by atoms with Crippen molar-refractivity contribution in [3.63, 3.8) is 0 Å². The number of hydrogen-bond acceptors (Lipinski definition) is 4. The highest BCUT2D eigenvalue weighted by atomic mass is 35.5. The van der Waals surface area contributed by atoms with E-state index in [0.29, 0.717) is 27.7 Å². The van der Waals surface area contributed by atoms with E-state index < -0.39 is 0 Å². The number of aromatic hydroxyl groups is 1. The number of Topliss-reactive ketones (excluding diaryl/α,β-unsaturated/α-hetero) is 1. The van der Waals surface area contributed by atoms with Crippen molar-refractivity contribution < 1.29 is 14.6 Å². The lowest BCUT2D eigenvalue weighted by Gasteiger charge is -2.17. The van der Waals surface area contributed by atoms with Crippen LogP contribution in [0, 0.1) is 0 Å². The van der Waals surface area contributed by atoms with Gasteiger partial charge in [-0.2, -0.15) is 0 Å². The summed E-state index contributed by atoms with van der Waals surface area (Å²) in [5.74, 6) is 1.03. The SMILES string of the molecule is COc1ccc(C=C2CSc3ccc(Cl)cc3C2=O)cc1O. The molecule has 1 heterocycles. The van der Waals surface area contributed by atoms with Gasteiger partial charge in [0.15, 0.2) is 17.3 Å². The van der Waals surface area contributed by atoms with E-state index in [2.05, 4.69) is 0 Å². The van der Waals surface area contributed by atoms with Crippen molar-refractivity contribution in [1.82, 2.24) is 0 Å². The molecule has 5 heteroatoms. The van der Waals surface area contributed by atoms with Crippen molar-refractivity contribution in [3.8, 4) is 11.5 Å². The van der Waals surface area contributed by atoms with Crippen LogP contribution in [0.3, 0.4) is 0 Å². The number of benzene rings is 2. The van der Waals surface area contributed by atoms with Crippen molar-refractivity contribution in [2.24, 2.45) is 0 Å². The topological polar surface area (TPSA) is 46.5 Å². The van der Waals surface area contributed by atoms with Crippen LogP contribution in [0.25, 0.3) is 6.08 Å². The van der Waals surface area contributed by atoms with E-state index in [4.69, 9.17) is 16.3 Å². The van der Waals surface area contributed by atoms with Crippen LogP contribution in [-0.4, -0.2) is 23.8 Å². The van der Waals surface area contributed by atoms with Gasteiger partial charge in [0.2, 0.25) is 0 Å². The molecular formula is C17H13ClO3S. The van der Waals surface area contributed by atoms with Crippen LogP contribution < -0.4 is 4.74 Å². The number of ketones is 1. The number of phenols is 1. The molecule has 112 valence electrons. The molecule has 3 rings (SSSR count). The van der Waals surface area contributed by atoms with Gasteiger partial charge in [-0.3, -0.25) is 4.79 Å². The zero-order valence-electron chi connectivity index (χ0n) is 11.8. The molecule has 2 aromatic rings. The van der Waals surface area contributed by atoms with Gasteiger partial charge in [-0.25, -0.2) is 0 Å². The summed E-state index contributed by atoms with van der Waals surface area (Å²) >= 11 is 7.58. The van der Waals surface area contributed by atoms with Crippen molar-refractivity contribution in [2.45, 2.75) is 4.90 Å². The summed E-state index contributed by atoms with van der Waals surface area (Å²) in [5.41, 5.74) is 2.07. The second kappa shape index (κ2) is 6.07. The van der Waals surface area contributed by atoms with Crippen LogP contribution in [0.15, 0.2) is 46.9 Å². The lowest BCUT2D eigenvalue weighted by atomic mass is 10.0. The van der Waals surface area contributed by atoms with Crippen LogP contribution in [-0.2, 0) is 0 Å². The summed E-state index contributed by atoms with van der Waals surface area (Å²) in [6.07, 6.45) is 1.79. The molecule has 0 fully saturated rings. The molecule has 0 bridgehead atoms. The Morgan fingerprint density at radius 2 is 2.09 bits per heavy atom. The summed E-state index contributed by atoms with van der Waals surface area (Å²) < 4.78 is 5.01. The average Bonchev–Trinajstić information content (AvgIpc) is 2.51. The van der Waals surface area contributed by atoms with Gasteiger partial charge in [-0.1, -0.05) is 17.7 Å². The minimum absolute atomic E-state index is 0.0217. The van der Waals surface area contributed by atoms with Crippen molar-refractivity contribution in [2.75, 3.05) is 12.9 Å². The number of phenolic OH excluding ortho intramolecular Hbond substituents is 1. The summed E-state index contributed by atoms with van der Waals surface area (Å²) in [7, 11) is 1.50. The smallest absolute Gasteiger partial charge is 0.191 e. The first kappa shape index (κ1) is 15.0. The van der Waals surface area contributed by atoms with E-state index in [1.54, 1.807) is 48.2 Å². The molecule has 0 amide bonds. The van der Waals surface area contributed by atoms with Crippen LogP contribution in [0.1, 0.15) is 15.9 Å². The zero-order chi connectivity index (χ0) is 15.7. The highest BCUT2D eigenvalue weighted by Gasteiger charge is 2.22. The Kier molecular flexibility index (Phi) is 4.14. The number of thioether (sulfide) groups is 1. The highest BCUT2D eigenvalue weighted by Crippen LogP contribution is 2.35. The van der Waals surface area contributed by atoms with Gasteiger partial charge in [0.25, 0.3) is 0 Å². The Labute approximate surface area is 137 Å². The van der Waals surface area contributed by atoms with E-state index in [1.165, 1.54) is 7.11 Å². The van der Waals surface area contributed by atoms with E-state index in [1.807, 2.05) is 6.07 Å². The third-order valence-electron chi connectivity index (χ3n) is 3.40. The Balaban J connectivity index is 1.96. The number of ether oxygens (including phenoxy) is 1. The molecule has 0 unspecified atom stereocenters. The molecule has 0 aliphatic carbocycles. The van der Waals surface area contributed by atoms with E-state index >= 15 is 0 Å². The number of carbonyl (C=O) groups is 1. The molecular weight excluding hydrogens is 320 g/mol. The maximum absolute atomic E-state index is 12.6. The highest BCUT2D eigenvalue weighted by molar-refractivity contribution is 7.99. The predicted octanol–water partition coefficient (Wildman–Crippen LogP) is 4.43. The minimum Gasteiger partial charge on any atom is -0.504 e. The molecule has 1 N–H and O–H groups in total. The van der Waals surface area contributed by atoms with Crippen molar-refractivity contribution in [1.29, 1.82) is 0 Å². The maximum atomic E-state index is 12.6. The van der Waals surface area contributed by atoms with Crippen LogP contribution in [0.2, 0.25) is 5.02 Å². The number of methoxy groups -OCH3 is 1. The molecule has 0 spiro atoms. The van der Waals surface area contributed by atoms with Gasteiger partial charge in [0.05, 0.1) is 7.11 Å². The molecule has 1 aliphatic rings. The summed E-state index contributed by atoms with van der Waals surface area (Å²) in [6.45, 7) is 0. The molecule has 2 aromatic carbocycles. The monoisotopic (exact) mass is 332 g/mol. The number of hydrogen-bond donors (Lipinski definition) is 1. The second-order valence-electron chi connectivity index (χ2n) is 4.86. The largest absolute Gasteiger partial charge is 0.504 e. The van der Waals surface area contributed by atoms with Gasteiger partial charge in [0.1, 0.15) is 0 Å². The molecule has 3 nitrogen and oxygen atoms in total. The zero-order valence-corrected chi connectivity index (χ0v) is 13.4. The molecule has 0 radical (unpaired) electrons. The fourth-order valence-electron chi connectivity index (χ4n) is 2.30. The quantitative estimate of drug-likeness (QED) is 0.827. The first-order chi connectivity index (χ1) is 10.6. The van der Waals surface area contributed by atoms with Gasteiger partial charge in [0, 0.05) is 26.8 Å². The lowest BCUT2D eigenvalue weighted by molar-refractivity contribution is 0.103. The molecule has 0 saturated carbocycles. The van der Waals surface area contributed by atoms with E-state index in [9.17, 15) is 9.90 Å². The Hall–Kier alpha value is -1.91. The number of carbonyl (C=O) groups excluding carboxylic acids is 1. The molecule has 22 heavy (non-hydrogen) atoms. The average molecular weight is 333 g/mol. The van der Waals surface area contributed by atoms with E-state index in [0.717, 1.165) is 10.5 Å². The number of rotatable bonds is 2. The Bertz CT molecular complexity index is 783. The summed E-state index contributed by atoms with van der Waals surface area (Å²) in [6, 6.07) is 10.4. The second-order valence-corrected chi connectivity index (χ2v) is 6.31. The fourth-order valence-corrected chi connectivity index (χ4v) is 3.47. The number of halogens is 1. The third-order valence-corrected chi connectivity index (χ3v) is 4.76. The van der Waals surface area contributed by atoms with Crippen LogP contribution in [0.4, 0.5) is 0 Å². The standard InChI is InChI=1S/C17H13ClO3S/c1-21-15-4-2-10(7-14(15)19)6-11-9-22-16-5-3-12(18)8-13(16)17(11)20/h2-8,19H,9H2,1H3. The Morgan fingerprint density at radius 3 is 2.82 bits per heavy atom. The molecule has 1 aliphatic heterocycles.